The first kappa shape index (κ1) is 16.4. The molecular weight excluding hydrogens is 312 g/mol. The lowest BCUT2D eigenvalue weighted by molar-refractivity contribution is -0.105. The lowest BCUT2D eigenvalue weighted by atomic mass is 9.66. The van der Waals surface area contributed by atoms with Crippen molar-refractivity contribution in [1.29, 1.82) is 0 Å². The summed E-state index contributed by atoms with van der Waals surface area (Å²) in [4.78, 5) is 0. The SMILES string of the molecule is COc1ccccc1[C@]1(O)c2c(cc(OC)c(O)c2OC)[C@@H]1OC. The number of benzene rings is 2. The van der Waals surface area contributed by atoms with Gasteiger partial charge in [0.2, 0.25) is 5.75 Å². The molecule has 2 N–H and O–H groups in total. The fraction of sp³-hybridized carbons (Fsp3) is 0.333. The lowest BCUT2D eigenvalue weighted by Crippen LogP contribution is -2.46. The highest BCUT2D eigenvalue weighted by Crippen LogP contribution is 2.62. The number of phenolic OH excluding ortho intramolecular Hbond substituents is 1. The number of aliphatic hydroxyl groups is 1. The summed E-state index contributed by atoms with van der Waals surface area (Å²) in [5.74, 6) is 0.771. The lowest BCUT2D eigenvalue weighted by Gasteiger charge is -2.47. The number of hydrogen-bond acceptors (Lipinski definition) is 6. The van der Waals surface area contributed by atoms with Gasteiger partial charge in [-0.2, -0.15) is 0 Å². The maximum absolute atomic E-state index is 11.5. The number of hydrogen-bond donors (Lipinski definition) is 2. The minimum Gasteiger partial charge on any atom is -0.502 e. The average Bonchev–Trinajstić information content (AvgIpc) is 2.61. The van der Waals surface area contributed by atoms with Gasteiger partial charge in [-0.25, -0.2) is 0 Å². The number of rotatable bonds is 5. The van der Waals surface area contributed by atoms with Gasteiger partial charge in [0.25, 0.3) is 0 Å². The quantitative estimate of drug-likeness (QED) is 0.875. The summed E-state index contributed by atoms with van der Waals surface area (Å²) in [5, 5.41) is 21.8. The third-order valence-corrected chi connectivity index (χ3v) is 4.47. The highest BCUT2D eigenvalue weighted by molar-refractivity contribution is 5.69. The predicted molar refractivity (Wildman–Crippen MR) is 87.0 cm³/mol. The Balaban J connectivity index is 2.30. The topological polar surface area (TPSA) is 77.4 Å². The van der Waals surface area contributed by atoms with E-state index < -0.39 is 11.7 Å². The van der Waals surface area contributed by atoms with Crippen LogP contribution < -0.4 is 14.2 Å². The van der Waals surface area contributed by atoms with Gasteiger partial charge < -0.3 is 29.2 Å². The summed E-state index contributed by atoms with van der Waals surface area (Å²) in [5.41, 5.74) is 0.165. The van der Waals surface area contributed by atoms with Gasteiger partial charge in [-0.15, -0.1) is 0 Å². The van der Waals surface area contributed by atoms with Crippen molar-refractivity contribution in [1.82, 2.24) is 0 Å². The van der Waals surface area contributed by atoms with Crippen LogP contribution in [0.3, 0.4) is 0 Å². The van der Waals surface area contributed by atoms with Crippen LogP contribution in [-0.2, 0) is 10.3 Å². The summed E-state index contributed by atoms with van der Waals surface area (Å²) >= 11 is 0. The van der Waals surface area contributed by atoms with Crippen LogP contribution in [0.4, 0.5) is 0 Å². The monoisotopic (exact) mass is 332 g/mol. The van der Waals surface area contributed by atoms with Gasteiger partial charge in [0, 0.05) is 18.2 Å². The van der Waals surface area contributed by atoms with Crippen molar-refractivity contribution in [2.45, 2.75) is 11.7 Å². The van der Waals surface area contributed by atoms with E-state index in [2.05, 4.69) is 0 Å². The molecule has 128 valence electrons. The third kappa shape index (κ3) is 1.96. The van der Waals surface area contributed by atoms with Crippen molar-refractivity contribution in [2.24, 2.45) is 0 Å². The summed E-state index contributed by atoms with van der Waals surface area (Å²) < 4.78 is 21.4. The van der Waals surface area contributed by atoms with E-state index in [4.69, 9.17) is 18.9 Å². The van der Waals surface area contributed by atoms with Crippen LogP contribution in [0.2, 0.25) is 0 Å². The summed E-state index contributed by atoms with van der Waals surface area (Å²) in [6, 6.07) is 8.78. The van der Waals surface area contributed by atoms with Gasteiger partial charge in [-0.1, -0.05) is 18.2 Å². The smallest absolute Gasteiger partial charge is 0.201 e. The van der Waals surface area contributed by atoms with Crippen LogP contribution in [0, 0.1) is 0 Å². The minimum absolute atomic E-state index is 0.158. The predicted octanol–water partition coefficient (Wildman–Crippen LogP) is 2.36. The first-order chi connectivity index (χ1) is 11.5. The molecule has 0 fully saturated rings. The number of aromatic hydroxyl groups is 1. The number of methoxy groups -OCH3 is 4. The molecule has 3 rings (SSSR count). The molecule has 0 amide bonds. The molecule has 24 heavy (non-hydrogen) atoms. The molecule has 1 aliphatic rings. The summed E-state index contributed by atoms with van der Waals surface area (Å²) in [6.07, 6.45) is -0.646. The summed E-state index contributed by atoms with van der Waals surface area (Å²) in [7, 11) is 5.93. The Labute approximate surface area is 140 Å². The van der Waals surface area contributed by atoms with Crippen LogP contribution in [0.1, 0.15) is 22.8 Å². The first-order valence-corrected chi connectivity index (χ1v) is 7.41. The van der Waals surface area contributed by atoms with Crippen molar-refractivity contribution in [3.05, 3.63) is 47.0 Å². The van der Waals surface area contributed by atoms with Gasteiger partial charge in [0.15, 0.2) is 17.1 Å². The maximum atomic E-state index is 11.5. The van der Waals surface area contributed by atoms with Crippen molar-refractivity contribution >= 4 is 0 Å². The fourth-order valence-electron chi connectivity index (χ4n) is 3.41. The normalized spacial score (nSPS) is 21.6. The summed E-state index contributed by atoms with van der Waals surface area (Å²) in [6.45, 7) is 0. The highest BCUT2D eigenvalue weighted by Gasteiger charge is 2.57. The van der Waals surface area contributed by atoms with Crippen LogP contribution in [0.25, 0.3) is 0 Å². The molecule has 2 aromatic carbocycles. The van der Waals surface area contributed by atoms with E-state index in [-0.39, 0.29) is 17.2 Å². The van der Waals surface area contributed by atoms with Crippen LogP contribution >= 0.6 is 0 Å². The van der Waals surface area contributed by atoms with E-state index in [0.717, 1.165) is 0 Å². The number of phenols is 1. The van der Waals surface area contributed by atoms with Gasteiger partial charge in [-0.3, -0.25) is 0 Å². The second kappa shape index (κ2) is 5.89. The fourth-order valence-corrected chi connectivity index (χ4v) is 3.41. The Morgan fingerprint density at radius 3 is 2.21 bits per heavy atom. The van der Waals surface area contributed by atoms with E-state index in [1.807, 2.05) is 6.07 Å². The highest BCUT2D eigenvalue weighted by atomic mass is 16.5. The van der Waals surface area contributed by atoms with Gasteiger partial charge in [0.1, 0.15) is 11.9 Å². The largest absolute Gasteiger partial charge is 0.502 e. The van der Waals surface area contributed by atoms with E-state index >= 15 is 0 Å². The van der Waals surface area contributed by atoms with Crippen LogP contribution in [-0.4, -0.2) is 38.7 Å². The second-order valence-corrected chi connectivity index (χ2v) is 5.51. The average molecular weight is 332 g/mol. The molecule has 1 aliphatic carbocycles. The Morgan fingerprint density at radius 1 is 0.958 bits per heavy atom. The van der Waals surface area contributed by atoms with Crippen molar-refractivity contribution in [3.63, 3.8) is 0 Å². The molecule has 0 aromatic heterocycles. The molecule has 0 aliphatic heterocycles. The number of ether oxygens (including phenoxy) is 4. The molecule has 0 saturated carbocycles. The number of para-hydroxylation sites is 1. The van der Waals surface area contributed by atoms with Crippen molar-refractivity contribution < 1.29 is 29.2 Å². The van der Waals surface area contributed by atoms with Crippen molar-refractivity contribution in [3.8, 4) is 23.0 Å². The number of fused-ring (bicyclic) bond motifs is 1. The molecule has 0 heterocycles. The minimum atomic E-state index is -1.51. The van der Waals surface area contributed by atoms with Gasteiger partial charge in [0.05, 0.1) is 21.3 Å². The first-order valence-electron chi connectivity index (χ1n) is 7.41. The zero-order chi connectivity index (χ0) is 17.5. The Hall–Kier alpha value is -2.44. The molecule has 0 spiro atoms. The molecule has 0 radical (unpaired) electrons. The molecule has 6 heteroatoms. The Morgan fingerprint density at radius 2 is 1.62 bits per heavy atom. The van der Waals surface area contributed by atoms with Gasteiger partial charge >= 0.3 is 0 Å². The molecule has 0 bridgehead atoms. The van der Waals surface area contributed by atoms with E-state index in [9.17, 15) is 10.2 Å². The molecule has 2 atom stereocenters. The zero-order valence-corrected chi connectivity index (χ0v) is 14.0. The van der Waals surface area contributed by atoms with Crippen LogP contribution in [0.15, 0.2) is 30.3 Å². The van der Waals surface area contributed by atoms with Crippen molar-refractivity contribution in [2.75, 3.05) is 28.4 Å². The third-order valence-electron chi connectivity index (χ3n) is 4.47. The molecular formula is C18H20O6. The maximum Gasteiger partial charge on any atom is 0.201 e. The zero-order valence-electron chi connectivity index (χ0n) is 14.0. The van der Waals surface area contributed by atoms with E-state index in [1.54, 1.807) is 24.3 Å². The van der Waals surface area contributed by atoms with Crippen LogP contribution in [0.5, 0.6) is 23.0 Å². The Bertz CT molecular complexity index is 772. The van der Waals surface area contributed by atoms with E-state index in [0.29, 0.717) is 22.4 Å². The Kier molecular flexibility index (Phi) is 4.03. The second-order valence-electron chi connectivity index (χ2n) is 5.51. The molecule has 6 nitrogen and oxygen atoms in total. The molecule has 0 unspecified atom stereocenters. The molecule has 0 saturated heterocycles. The molecule has 2 aromatic rings. The van der Waals surface area contributed by atoms with Gasteiger partial charge in [-0.05, 0) is 17.7 Å². The standard InChI is InChI=1S/C18H20O6/c1-21-12-8-6-5-7-11(12)18(20)14-10(17(18)24-4)9-13(22-2)15(19)16(14)23-3/h5-9,17,19-20H,1-4H3/t17-,18-/m0/s1. The van der Waals surface area contributed by atoms with E-state index in [1.165, 1.54) is 28.4 Å².